The van der Waals surface area contributed by atoms with E-state index in [1.54, 1.807) is 12.1 Å². The minimum Gasteiger partial charge on any atom is -0.351 e. The Balaban J connectivity index is 2.01. The van der Waals surface area contributed by atoms with Gasteiger partial charge in [-0.3, -0.25) is 9.59 Å². The molecule has 120 valence electrons. The molecule has 0 radical (unpaired) electrons. The molecule has 0 saturated heterocycles. The fourth-order valence-corrected chi connectivity index (χ4v) is 3.35. The van der Waals surface area contributed by atoms with Crippen molar-refractivity contribution in [2.75, 3.05) is 38.3 Å². The number of amides is 2. The SMILES string of the molecule is CN(C)CC(C)(C)CNC(=O)c1ccc2c(c1)NC(=O)CS2. The topological polar surface area (TPSA) is 61.4 Å². The summed E-state index contributed by atoms with van der Waals surface area (Å²) in [6, 6.07) is 5.44. The number of carbonyl (C=O) groups is 2. The Hall–Kier alpha value is -1.53. The van der Waals surface area contributed by atoms with Crippen LogP contribution in [-0.2, 0) is 4.79 Å². The fourth-order valence-electron chi connectivity index (χ4n) is 2.56. The first kappa shape index (κ1) is 16.8. The molecule has 1 aromatic carbocycles. The molecule has 2 N–H and O–H groups in total. The summed E-state index contributed by atoms with van der Waals surface area (Å²) in [5.74, 6) is 0.290. The highest BCUT2D eigenvalue weighted by Crippen LogP contribution is 2.31. The molecule has 6 heteroatoms. The summed E-state index contributed by atoms with van der Waals surface area (Å²) >= 11 is 1.49. The summed E-state index contributed by atoms with van der Waals surface area (Å²) < 4.78 is 0. The van der Waals surface area contributed by atoms with E-state index < -0.39 is 0 Å². The number of thioether (sulfide) groups is 1. The van der Waals surface area contributed by atoms with Crippen LogP contribution in [0.5, 0.6) is 0 Å². The highest BCUT2D eigenvalue weighted by Gasteiger charge is 2.21. The zero-order valence-corrected chi connectivity index (χ0v) is 14.3. The van der Waals surface area contributed by atoms with Crippen LogP contribution in [0, 0.1) is 5.41 Å². The van der Waals surface area contributed by atoms with Gasteiger partial charge in [-0.2, -0.15) is 0 Å². The molecule has 0 saturated carbocycles. The van der Waals surface area contributed by atoms with Crippen LogP contribution in [0.15, 0.2) is 23.1 Å². The van der Waals surface area contributed by atoms with Gasteiger partial charge in [-0.15, -0.1) is 11.8 Å². The van der Waals surface area contributed by atoms with Crippen molar-refractivity contribution in [1.29, 1.82) is 0 Å². The lowest BCUT2D eigenvalue weighted by Crippen LogP contribution is -2.40. The number of hydrogen-bond donors (Lipinski definition) is 2. The molecule has 0 bridgehead atoms. The van der Waals surface area contributed by atoms with Crippen molar-refractivity contribution in [2.45, 2.75) is 18.7 Å². The first-order valence-corrected chi connectivity index (χ1v) is 8.25. The van der Waals surface area contributed by atoms with Gasteiger partial charge in [-0.1, -0.05) is 13.8 Å². The van der Waals surface area contributed by atoms with E-state index in [0.717, 1.165) is 17.1 Å². The Morgan fingerprint density at radius 1 is 1.41 bits per heavy atom. The molecule has 1 aliphatic heterocycles. The van der Waals surface area contributed by atoms with E-state index in [4.69, 9.17) is 0 Å². The van der Waals surface area contributed by atoms with Crippen LogP contribution in [0.4, 0.5) is 5.69 Å². The number of carbonyl (C=O) groups excluding carboxylic acids is 2. The third-order valence-corrected chi connectivity index (χ3v) is 4.42. The van der Waals surface area contributed by atoms with Gasteiger partial charge in [0, 0.05) is 23.5 Å². The lowest BCUT2D eigenvalue weighted by atomic mass is 9.93. The molecular weight excluding hydrogens is 298 g/mol. The average molecular weight is 321 g/mol. The van der Waals surface area contributed by atoms with Gasteiger partial charge in [0.15, 0.2) is 0 Å². The Bertz CT molecular complexity index is 585. The predicted octanol–water partition coefficient (Wildman–Crippen LogP) is 2.05. The number of nitrogens with zero attached hydrogens (tertiary/aromatic N) is 1. The van der Waals surface area contributed by atoms with Gasteiger partial charge in [-0.25, -0.2) is 0 Å². The van der Waals surface area contributed by atoms with E-state index in [0.29, 0.717) is 17.9 Å². The van der Waals surface area contributed by atoms with E-state index in [2.05, 4.69) is 29.4 Å². The van der Waals surface area contributed by atoms with Crippen LogP contribution in [0.3, 0.4) is 0 Å². The van der Waals surface area contributed by atoms with Crippen molar-refractivity contribution in [3.05, 3.63) is 23.8 Å². The molecule has 2 amide bonds. The fraction of sp³-hybridized carbons (Fsp3) is 0.500. The summed E-state index contributed by atoms with van der Waals surface area (Å²) in [6.07, 6.45) is 0. The lowest BCUT2D eigenvalue weighted by Gasteiger charge is -2.28. The maximum atomic E-state index is 12.3. The van der Waals surface area contributed by atoms with Crippen LogP contribution in [0.1, 0.15) is 24.2 Å². The quantitative estimate of drug-likeness (QED) is 0.871. The van der Waals surface area contributed by atoms with Crippen molar-refractivity contribution in [2.24, 2.45) is 5.41 Å². The summed E-state index contributed by atoms with van der Waals surface area (Å²) in [7, 11) is 4.04. The average Bonchev–Trinajstić information content (AvgIpc) is 2.42. The molecule has 1 heterocycles. The first-order chi connectivity index (χ1) is 10.3. The van der Waals surface area contributed by atoms with Crippen LogP contribution in [0.2, 0.25) is 0 Å². The maximum absolute atomic E-state index is 12.3. The molecule has 5 nitrogen and oxygen atoms in total. The molecule has 0 atom stereocenters. The smallest absolute Gasteiger partial charge is 0.251 e. The number of benzene rings is 1. The van der Waals surface area contributed by atoms with Crippen LogP contribution >= 0.6 is 11.8 Å². The van der Waals surface area contributed by atoms with Gasteiger partial charge in [0.1, 0.15) is 0 Å². The summed E-state index contributed by atoms with van der Waals surface area (Å²) in [6.45, 7) is 5.74. The Labute approximate surface area is 135 Å². The highest BCUT2D eigenvalue weighted by molar-refractivity contribution is 8.00. The summed E-state index contributed by atoms with van der Waals surface area (Å²) in [4.78, 5) is 26.8. The third-order valence-electron chi connectivity index (χ3n) is 3.35. The van der Waals surface area contributed by atoms with Crippen LogP contribution < -0.4 is 10.6 Å². The summed E-state index contributed by atoms with van der Waals surface area (Å²) in [5.41, 5.74) is 1.29. The van der Waals surface area contributed by atoms with Crippen molar-refractivity contribution in [3.8, 4) is 0 Å². The number of fused-ring (bicyclic) bond motifs is 1. The van der Waals surface area contributed by atoms with Crippen LogP contribution in [0.25, 0.3) is 0 Å². The van der Waals surface area contributed by atoms with E-state index in [9.17, 15) is 9.59 Å². The zero-order chi connectivity index (χ0) is 16.3. The van der Waals surface area contributed by atoms with E-state index in [1.165, 1.54) is 11.8 Å². The molecule has 0 fully saturated rings. The minimum absolute atomic E-state index is 0.00254. The lowest BCUT2D eigenvalue weighted by molar-refractivity contribution is -0.113. The third kappa shape index (κ3) is 4.48. The number of anilines is 1. The molecular formula is C16H23N3O2S. The van der Waals surface area contributed by atoms with Gasteiger partial charge in [0.25, 0.3) is 5.91 Å². The molecule has 1 aromatic rings. The molecule has 2 rings (SSSR count). The highest BCUT2D eigenvalue weighted by atomic mass is 32.2. The Kier molecular flexibility index (Phi) is 5.13. The minimum atomic E-state index is -0.112. The van der Waals surface area contributed by atoms with E-state index >= 15 is 0 Å². The largest absolute Gasteiger partial charge is 0.351 e. The van der Waals surface area contributed by atoms with Crippen LogP contribution in [-0.4, -0.2) is 49.7 Å². The van der Waals surface area contributed by atoms with Crippen molar-refractivity contribution >= 4 is 29.3 Å². The van der Waals surface area contributed by atoms with Crippen molar-refractivity contribution in [1.82, 2.24) is 10.2 Å². The van der Waals surface area contributed by atoms with Gasteiger partial charge in [-0.05, 0) is 37.7 Å². The van der Waals surface area contributed by atoms with E-state index in [1.807, 2.05) is 20.2 Å². The second kappa shape index (κ2) is 6.71. The van der Waals surface area contributed by atoms with Gasteiger partial charge in [0.05, 0.1) is 11.4 Å². The molecule has 22 heavy (non-hydrogen) atoms. The molecule has 0 aliphatic carbocycles. The second-order valence-electron chi connectivity index (χ2n) is 6.63. The molecule has 0 aromatic heterocycles. The second-order valence-corrected chi connectivity index (χ2v) is 7.65. The number of rotatable bonds is 5. The standard InChI is InChI=1S/C16H23N3O2S/c1-16(2,10-19(3)4)9-17-15(21)11-5-6-13-12(7-11)18-14(20)8-22-13/h5-7H,8-10H2,1-4H3,(H,17,21)(H,18,20). The normalized spacial score (nSPS) is 14.5. The van der Waals surface area contributed by atoms with Crippen molar-refractivity contribution in [3.63, 3.8) is 0 Å². The Morgan fingerprint density at radius 2 is 2.14 bits per heavy atom. The predicted molar refractivity (Wildman–Crippen MR) is 90.5 cm³/mol. The molecule has 0 spiro atoms. The Morgan fingerprint density at radius 3 is 2.82 bits per heavy atom. The van der Waals surface area contributed by atoms with Gasteiger partial charge in [0.2, 0.25) is 5.91 Å². The van der Waals surface area contributed by atoms with Crippen molar-refractivity contribution < 1.29 is 9.59 Å². The molecule has 1 aliphatic rings. The van der Waals surface area contributed by atoms with Gasteiger partial charge >= 0.3 is 0 Å². The van der Waals surface area contributed by atoms with E-state index in [-0.39, 0.29) is 17.2 Å². The number of nitrogens with one attached hydrogen (secondary N) is 2. The maximum Gasteiger partial charge on any atom is 0.251 e. The van der Waals surface area contributed by atoms with Gasteiger partial charge < -0.3 is 15.5 Å². The zero-order valence-electron chi connectivity index (χ0n) is 13.5. The molecule has 0 unspecified atom stereocenters. The number of hydrogen-bond acceptors (Lipinski definition) is 4. The first-order valence-electron chi connectivity index (χ1n) is 7.26. The monoisotopic (exact) mass is 321 g/mol. The summed E-state index contributed by atoms with van der Waals surface area (Å²) in [5, 5.41) is 5.78.